The zero-order chi connectivity index (χ0) is 12.5. The molecule has 18 heavy (non-hydrogen) atoms. The molecule has 1 saturated heterocycles. The quantitative estimate of drug-likeness (QED) is 0.758. The summed E-state index contributed by atoms with van der Waals surface area (Å²) in [6.07, 6.45) is 2.82. The molecule has 0 spiro atoms. The summed E-state index contributed by atoms with van der Waals surface area (Å²) < 4.78 is 0. The van der Waals surface area contributed by atoms with Crippen molar-refractivity contribution >= 4 is 22.8 Å². The van der Waals surface area contributed by atoms with Crippen LogP contribution in [0.15, 0.2) is 48.0 Å². The van der Waals surface area contributed by atoms with Crippen LogP contribution in [0.5, 0.6) is 0 Å². The predicted molar refractivity (Wildman–Crippen MR) is 74.1 cm³/mol. The van der Waals surface area contributed by atoms with Gasteiger partial charge < -0.3 is 5.32 Å². The Morgan fingerprint density at radius 1 is 1.17 bits per heavy atom. The summed E-state index contributed by atoms with van der Waals surface area (Å²) >= 11 is 0. The van der Waals surface area contributed by atoms with Gasteiger partial charge in [0.1, 0.15) is 0 Å². The second kappa shape index (κ2) is 4.30. The molecule has 1 amide bonds. The second-order valence-electron chi connectivity index (χ2n) is 4.82. The maximum absolute atomic E-state index is 11.7. The third-order valence-electron chi connectivity index (χ3n) is 3.35. The molecule has 1 aliphatic heterocycles. The van der Waals surface area contributed by atoms with Crippen LogP contribution < -0.4 is 5.32 Å². The molecule has 3 rings (SSSR count). The maximum atomic E-state index is 11.7. The van der Waals surface area contributed by atoms with E-state index in [4.69, 9.17) is 0 Å². The van der Waals surface area contributed by atoms with Crippen LogP contribution in [0.25, 0.3) is 16.8 Å². The highest BCUT2D eigenvalue weighted by molar-refractivity contribution is 6.02. The van der Waals surface area contributed by atoms with Crippen molar-refractivity contribution in [2.75, 3.05) is 0 Å². The van der Waals surface area contributed by atoms with Crippen LogP contribution in [0.1, 0.15) is 18.9 Å². The maximum Gasteiger partial charge on any atom is 0.247 e. The van der Waals surface area contributed by atoms with Gasteiger partial charge in [0.05, 0.1) is 0 Å². The highest BCUT2D eigenvalue weighted by Crippen LogP contribution is 2.23. The van der Waals surface area contributed by atoms with Gasteiger partial charge in [-0.2, -0.15) is 0 Å². The standard InChI is InChI=1S/C16H15NO/c1-11-9-14(16(18)17-11)10-13-7-4-6-12-5-2-3-8-15(12)13/h2-8,10-11H,9H2,1H3,(H,17,18)/b14-10+. The van der Waals surface area contributed by atoms with Gasteiger partial charge in [-0.1, -0.05) is 42.5 Å². The summed E-state index contributed by atoms with van der Waals surface area (Å²) in [7, 11) is 0. The molecule has 1 heterocycles. The Morgan fingerprint density at radius 3 is 2.72 bits per heavy atom. The summed E-state index contributed by atoms with van der Waals surface area (Å²) in [5.41, 5.74) is 1.99. The lowest BCUT2D eigenvalue weighted by Gasteiger charge is -2.02. The molecule has 0 bridgehead atoms. The first kappa shape index (κ1) is 11.0. The van der Waals surface area contributed by atoms with Crippen LogP contribution in [-0.2, 0) is 4.79 Å². The number of carbonyl (C=O) groups is 1. The largest absolute Gasteiger partial charge is 0.350 e. The van der Waals surface area contributed by atoms with E-state index in [1.54, 1.807) is 0 Å². The zero-order valence-electron chi connectivity index (χ0n) is 10.3. The average molecular weight is 237 g/mol. The zero-order valence-corrected chi connectivity index (χ0v) is 10.3. The van der Waals surface area contributed by atoms with E-state index >= 15 is 0 Å². The molecule has 1 aliphatic rings. The van der Waals surface area contributed by atoms with Crippen molar-refractivity contribution in [1.29, 1.82) is 0 Å². The van der Waals surface area contributed by atoms with Gasteiger partial charge in [-0.3, -0.25) is 4.79 Å². The number of hydrogen-bond donors (Lipinski definition) is 1. The molecule has 0 saturated carbocycles. The van der Waals surface area contributed by atoms with Crippen LogP contribution in [0.2, 0.25) is 0 Å². The number of benzene rings is 2. The van der Waals surface area contributed by atoms with Crippen molar-refractivity contribution < 1.29 is 4.79 Å². The molecule has 2 heteroatoms. The minimum atomic E-state index is 0.0652. The number of hydrogen-bond acceptors (Lipinski definition) is 1. The normalized spacial score (nSPS) is 21.5. The molecule has 1 unspecified atom stereocenters. The van der Waals surface area contributed by atoms with Gasteiger partial charge in [0.15, 0.2) is 0 Å². The summed E-state index contributed by atoms with van der Waals surface area (Å²) in [6, 6.07) is 14.7. The molecule has 2 aromatic rings. The first-order valence-electron chi connectivity index (χ1n) is 6.23. The summed E-state index contributed by atoms with van der Waals surface area (Å²) in [5, 5.41) is 5.33. The van der Waals surface area contributed by atoms with E-state index in [9.17, 15) is 4.79 Å². The average Bonchev–Trinajstić information content (AvgIpc) is 2.68. The van der Waals surface area contributed by atoms with Crippen molar-refractivity contribution in [2.45, 2.75) is 19.4 Å². The third-order valence-corrected chi connectivity index (χ3v) is 3.35. The van der Waals surface area contributed by atoms with Crippen LogP contribution in [0, 0.1) is 0 Å². The Kier molecular flexibility index (Phi) is 2.63. The Balaban J connectivity index is 2.10. The van der Waals surface area contributed by atoms with Gasteiger partial charge >= 0.3 is 0 Å². The molecule has 2 aromatic carbocycles. The molecule has 90 valence electrons. The number of rotatable bonds is 1. The first-order valence-corrected chi connectivity index (χ1v) is 6.23. The highest BCUT2D eigenvalue weighted by atomic mass is 16.2. The van der Waals surface area contributed by atoms with Crippen molar-refractivity contribution in [1.82, 2.24) is 5.32 Å². The summed E-state index contributed by atoms with van der Waals surface area (Å²) in [4.78, 5) is 11.7. The van der Waals surface area contributed by atoms with E-state index in [1.807, 2.05) is 31.2 Å². The molecule has 1 atom stereocenters. The molecule has 0 radical (unpaired) electrons. The lowest BCUT2D eigenvalue weighted by atomic mass is 10.0. The smallest absolute Gasteiger partial charge is 0.247 e. The number of fused-ring (bicyclic) bond motifs is 1. The second-order valence-corrected chi connectivity index (χ2v) is 4.82. The van der Waals surface area contributed by atoms with E-state index in [2.05, 4.69) is 29.6 Å². The molecule has 0 aliphatic carbocycles. The van der Waals surface area contributed by atoms with E-state index in [1.165, 1.54) is 10.8 Å². The molecule has 1 N–H and O–H groups in total. The fraction of sp³-hybridized carbons (Fsp3) is 0.188. The Labute approximate surface area is 106 Å². The van der Waals surface area contributed by atoms with E-state index in [-0.39, 0.29) is 11.9 Å². The third kappa shape index (κ3) is 1.90. The highest BCUT2D eigenvalue weighted by Gasteiger charge is 2.22. The van der Waals surface area contributed by atoms with Gasteiger partial charge in [-0.15, -0.1) is 0 Å². The van der Waals surface area contributed by atoms with Gasteiger partial charge in [0.2, 0.25) is 5.91 Å². The van der Waals surface area contributed by atoms with Crippen LogP contribution in [-0.4, -0.2) is 11.9 Å². The first-order chi connectivity index (χ1) is 8.74. The summed E-state index contributed by atoms with van der Waals surface area (Å²) in [6.45, 7) is 2.03. The molecule has 0 aromatic heterocycles. The Morgan fingerprint density at radius 2 is 1.94 bits per heavy atom. The fourth-order valence-corrected chi connectivity index (χ4v) is 2.48. The van der Waals surface area contributed by atoms with Crippen LogP contribution in [0.4, 0.5) is 0 Å². The van der Waals surface area contributed by atoms with Crippen molar-refractivity contribution in [2.24, 2.45) is 0 Å². The van der Waals surface area contributed by atoms with Crippen molar-refractivity contribution in [3.05, 3.63) is 53.6 Å². The molecule has 2 nitrogen and oxygen atoms in total. The molecular weight excluding hydrogens is 222 g/mol. The van der Waals surface area contributed by atoms with Gasteiger partial charge in [-0.25, -0.2) is 0 Å². The van der Waals surface area contributed by atoms with Crippen LogP contribution in [0.3, 0.4) is 0 Å². The number of amides is 1. The van der Waals surface area contributed by atoms with Gasteiger partial charge in [0.25, 0.3) is 0 Å². The minimum absolute atomic E-state index is 0.0652. The van der Waals surface area contributed by atoms with Gasteiger partial charge in [0, 0.05) is 11.6 Å². The predicted octanol–water partition coefficient (Wildman–Crippen LogP) is 3.13. The van der Waals surface area contributed by atoms with E-state index in [0.717, 1.165) is 17.6 Å². The van der Waals surface area contributed by atoms with E-state index < -0.39 is 0 Å². The van der Waals surface area contributed by atoms with Crippen molar-refractivity contribution in [3.8, 4) is 0 Å². The minimum Gasteiger partial charge on any atom is -0.350 e. The lowest BCUT2D eigenvalue weighted by Crippen LogP contribution is -2.21. The SMILES string of the molecule is CC1C/C(=C\c2cccc3ccccc23)C(=O)N1. The molecule has 1 fully saturated rings. The lowest BCUT2D eigenvalue weighted by molar-refractivity contribution is -0.116. The summed E-state index contributed by atoms with van der Waals surface area (Å²) in [5.74, 6) is 0.0652. The Bertz CT molecular complexity index is 637. The van der Waals surface area contributed by atoms with Crippen molar-refractivity contribution in [3.63, 3.8) is 0 Å². The van der Waals surface area contributed by atoms with Gasteiger partial charge in [-0.05, 0) is 35.8 Å². The topological polar surface area (TPSA) is 29.1 Å². The monoisotopic (exact) mass is 237 g/mol. The van der Waals surface area contributed by atoms with E-state index in [0.29, 0.717) is 0 Å². The Hall–Kier alpha value is -2.09. The van der Waals surface area contributed by atoms with Crippen LogP contribution >= 0.6 is 0 Å². The number of carbonyl (C=O) groups excluding carboxylic acids is 1. The molecular formula is C16H15NO. The number of nitrogens with one attached hydrogen (secondary N) is 1. The fourth-order valence-electron chi connectivity index (χ4n) is 2.48.